The van der Waals surface area contributed by atoms with E-state index >= 15 is 0 Å². The molecular weight excluding hydrogens is 256 g/mol. The van der Waals surface area contributed by atoms with Crippen molar-refractivity contribution in [2.24, 2.45) is 17.6 Å². The van der Waals surface area contributed by atoms with Crippen LogP contribution in [0.15, 0.2) is 0 Å². The van der Waals surface area contributed by atoms with Crippen molar-refractivity contribution in [2.45, 2.75) is 38.8 Å². The van der Waals surface area contributed by atoms with E-state index in [1.165, 1.54) is 0 Å². The zero-order valence-electron chi connectivity index (χ0n) is 12.4. The number of aliphatic hydroxyl groups excluding tert-OH is 1. The topological polar surface area (TPSA) is 102 Å². The van der Waals surface area contributed by atoms with E-state index in [1.54, 1.807) is 0 Å². The molecule has 6 nitrogen and oxygen atoms in total. The lowest BCUT2D eigenvalue weighted by Crippen LogP contribution is -2.46. The lowest BCUT2D eigenvalue weighted by atomic mass is 9.99. The second-order valence-corrected chi connectivity index (χ2v) is 5.99. The molecule has 1 fully saturated rings. The van der Waals surface area contributed by atoms with E-state index in [2.05, 4.69) is 25.2 Å². The van der Waals surface area contributed by atoms with Crippen LogP contribution in [-0.2, 0) is 4.79 Å². The molecule has 0 bridgehead atoms. The Morgan fingerprint density at radius 3 is 2.80 bits per heavy atom. The molecule has 0 aliphatic carbocycles. The number of nitrogens with zero attached hydrogens (tertiary/aromatic N) is 2. The summed E-state index contributed by atoms with van der Waals surface area (Å²) in [7, 11) is 0. The van der Waals surface area contributed by atoms with Crippen LogP contribution in [-0.4, -0.2) is 54.2 Å². The highest BCUT2D eigenvalue weighted by molar-refractivity contribution is 5.80. The number of carbonyl (C=O) groups is 1. The van der Waals surface area contributed by atoms with Gasteiger partial charge in [-0.2, -0.15) is 5.26 Å². The number of hydrogen-bond acceptors (Lipinski definition) is 5. The van der Waals surface area contributed by atoms with Gasteiger partial charge in [-0.1, -0.05) is 13.8 Å². The summed E-state index contributed by atoms with van der Waals surface area (Å²) in [6.07, 6.45) is 0.857. The first-order valence-electron chi connectivity index (χ1n) is 7.24. The summed E-state index contributed by atoms with van der Waals surface area (Å²) in [6.45, 7) is 5.86. The first-order valence-corrected chi connectivity index (χ1v) is 7.24. The van der Waals surface area contributed by atoms with E-state index in [9.17, 15) is 9.90 Å². The van der Waals surface area contributed by atoms with Crippen LogP contribution < -0.4 is 11.1 Å². The molecular formula is C14H26N4O2. The predicted octanol–water partition coefficient (Wildman–Crippen LogP) is -0.318. The fourth-order valence-corrected chi connectivity index (χ4v) is 2.54. The summed E-state index contributed by atoms with van der Waals surface area (Å²) >= 11 is 0. The van der Waals surface area contributed by atoms with Crippen LogP contribution in [0.4, 0.5) is 0 Å². The van der Waals surface area contributed by atoms with Crippen molar-refractivity contribution in [3.63, 3.8) is 0 Å². The van der Waals surface area contributed by atoms with Gasteiger partial charge in [0.05, 0.1) is 24.6 Å². The van der Waals surface area contributed by atoms with Gasteiger partial charge in [0.15, 0.2) is 0 Å². The second kappa shape index (κ2) is 8.20. The van der Waals surface area contributed by atoms with Gasteiger partial charge in [0, 0.05) is 25.7 Å². The third-order valence-corrected chi connectivity index (χ3v) is 3.62. The zero-order valence-corrected chi connectivity index (χ0v) is 12.4. The Labute approximate surface area is 120 Å². The summed E-state index contributed by atoms with van der Waals surface area (Å²) in [6, 6.07) is 1.79. The van der Waals surface area contributed by atoms with Gasteiger partial charge in [0.2, 0.25) is 5.91 Å². The number of nitrogens with two attached hydrogens (primary N) is 1. The van der Waals surface area contributed by atoms with E-state index in [1.807, 2.05) is 4.90 Å². The average molecular weight is 282 g/mol. The van der Waals surface area contributed by atoms with Gasteiger partial charge in [0.25, 0.3) is 0 Å². The van der Waals surface area contributed by atoms with E-state index < -0.39 is 6.10 Å². The minimum atomic E-state index is -0.671. The SMILES string of the molecule is CC(C)C[C@H](N)C(O)CN(CC#N)C[C@@H]1CCNC1=O. The summed E-state index contributed by atoms with van der Waals surface area (Å²) < 4.78 is 0. The Morgan fingerprint density at radius 1 is 1.60 bits per heavy atom. The average Bonchev–Trinajstić information content (AvgIpc) is 2.74. The van der Waals surface area contributed by atoms with Crippen molar-refractivity contribution in [1.29, 1.82) is 5.26 Å². The minimum Gasteiger partial charge on any atom is -0.390 e. The molecule has 0 radical (unpaired) electrons. The van der Waals surface area contributed by atoms with E-state index in [-0.39, 0.29) is 24.4 Å². The lowest BCUT2D eigenvalue weighted by molar-refractivity contribution is -0.123. The molecule has 0 aromatic rings. The lowest BCUT2D eigenvalue weighted by Gasteiger charge is -2.28. The van der Waals surface area contributed by atoms with Crippen LogP contribution >= 0.6 is 0 Å². The van der Waals surface area contributed by atoms with Gasteiger partial charge in [-0.15, -0.1) is 0 Å². The molecule has 1 aliphatic rings. The first kappa shape index (κ1) is 16.9. The molecule has 1 aliphatic heterocycles. The Kier molecular flexibility index (Phi) is 6.93. The fraction of sp³-hybridized carbons (Fsp3) is 0.857. The number of rotatable bonds is 8. The highest BCUT2D eigenvalue weighted by atomic mass is 16.3. The number of nitriles is 1. The minimum absolute atomic E-state index is 0.0360. The van der Waals surface area contributed by atoms with Gasteiger partial charge in [-0.3, -0.25) is 9.69 Å². The number of nitrogens with one attached hydrogen (secondary N) is 1. The Morgan fingerprint density at radius 2 is 2.30 bits per heavy atom. The van der Waals surface area contributed by atoms with Crippen molar-refractivity contribution in [2.75, 3.05) is 26.2 Å². The maximum atomic E-state index is 11.6. The molecule has 1 rings (SSSR count). The van der Waals surface area contributed by atoms with Crippen molar-refractivity contribution in [1.82, 2.24) is 10.2 Å². The molecule has 1 saturated heterocycles. The maximum absolute atomic E-state index is 11.6. The standard InChI is InChI=1S/C14H26N4O2/c1-10(2)7-12(16)13(19)9-18(6-4-15)8-11-3-5-17-14(11)20/h10-13,19H,3,5-9,16H2,1-2H3,(H,17,20)/t11-,12-,13?/m0/s1. The highest BCUT2D eigenvalue weighted by Crippen LogP contribution is 2.13. The molecule has 6 heteroatoms. The molecule has 1 heterocycles. The zero-order chi connectivity index (χ0) is 15.1. The quantitative estimate of drug-likeness (QED) is 0.530. The molecule has 1 amide bonds. The van der Waals surface area contributed by atoms with Gasteiger partial charge < -0.3 is 16.2 Å². The van der Waals surface area contributed by atoms with Gasteiger partial charge in [-0.25, -0.2) is 0 Å². The van der Waals surface area contributed by atoms with E-state index in [0.717, 1.165) is 12.8 Å². The third-order valence-electron chi connectivity index (χ3n) is 3.62. The second-order valence-electron chi connectivity index (χ2n) is 5.99. The van der Waals surface area contributed by atoms with Gasteiger partial charge in [-0.05, 0) is 18.8 Å². The molecule has 4 N–H and O–H groups in total. The number of carbonyl (C=O) groups excluding carboxylic acids is 1. The van der Waals surface area contributed by atoms with E-state index in [4.69, 9.17) is 11.0 Å². The molecule has 0 saturated carbocycles. The summed E-state index contributed by atoms with van der Waals surface area (Å²) in [5, 5.41) is 21.8. The van der Waals surface area contributed by atoms with Crippen LogP contribution in [0, 0.1) is 23.2 Å². The molecule has 0 aromatic carbocycles. The Balaban J connectivity index is 2.49. The van der Waals surface area contributed by atoms with E-state index in [0.29, 0.717) is 25.6 Å². The van der Waals surface area contributed by atoms with Crippen LogP contribution in [0.3, 0.4) is 0 Å². The number of aliphatic hydroxyl groups is 1. The summed E-state index contributed by atoms with van der Waals surface area (Å²) in [5.41, 5.74) is 5.96. The monoisotopic (exact) mass is 282 g/mol. The van der Waals surface area contributed by atoms with Crippen molar-refractivity contribution >= 4 is 5.91 Å². The summed E-state index contributed by atoms with van der Waals surface area (Å²) in [5.74, 6) is 0.371. The summed E-state index contributed by atoms with van der Waals surface area (Å²) in [4.78, 5) is 13.4. The Hall–Kier alpha value is -1.16. The molecule has 0 aromatic heterocycles. The molecule has 114 valence electrons. The maximum Gasteiger partial charge on any atom is 0.224 e. The largest absolute Gasteiger partial charge is 0.390 e. The smallest absolute Gasteiger partial charge is 0.224 e. The number of amides is 1. The van der Waals surface area contributed by atoms with Crippen LogP contribution in [0.2, 0.25) is 0 Å². The molecule has 1 unspecified atom stereocenters. The highest BCUT2D eigenvalue weighted by Gasteiger charge is 2.28. The Bertz CT molecular complexity index is 354. The van der Waals surface area contributed by atoms with Crippen molar-refractivity contribution in [3.05, 3.63) is 0 Å². The molecule has 0 spiro atoms. The van der Waals surface area contributed by atoms with Gasteiger partial charge >= 0.3 is 0 Å². The normalized spacial score (nSPS) is 21.9. The molecule has 20 heavy (non-hydrogen) atoms. The van der Waals surface area contributed by atoms with Crippen LogP contribution in [0.1, 0.15) is 26.7 Å². The van der Waals surface area contributed by atoms with Crippen molar-refractivity contribution in [3.8, 4) is 6.07 Å². The third kappa shape index (κ3) is 5.45. The predicted molar refractivity (Wildman–Crippen MR) is 76.6 cm³/mol. The van der Waals surface area contributed by atoms with Crippen molar-refractivity contribution < 1.29 is 9.90 Å². The molecule has 3 atom stereocenters. The van der Waals surface area contributed by atoms with Crippen LogP contribution in [0.25, 0.3) is 0 Å². The number of hydrogen-bond donors (Lipinski definition) is 3. The van der Waals surface area contributed by atoms with Crippen LogP contribution in [0.5, 0.6) is 0 Å². The first-order chi connectivity index (χ1) is 9.43. The van der Waals surface area contributed by atoms with Gasteiger partial charge in [0.1, 0.15) is 0 Å². The fourth-order valence-electron chi connectivity index (χ4n) is 2.54.